The molecule has 0 heterocycles. The summed E-state index contributed by atoms with van der Waals surface area (Å²) in [4.78, 5) is 10.6. The number of rotatable bonds is 3. The molecule has 100 valence electrons. The number of amides is 1. The molecule has 3 N–H and O–H groups in total. The molecule has 0 aliphatic carbocycles. The molecule has 0 saturated heterocycles. The van der Waals surface area contributed by atoms with Crippen molar-refractivity contribution >= 4 is 21.6 Å². The molecule has 1 aromatic carbocycles. The smallest absolute Gasteiger partial charge is 0.267 e. The second-order valence-corrected chi connectivity index (χ2v) is 5.28. The second-order valence-electron chi connectivity index (χ2n) is 3.53. The lowest BCUT2D eigenvalue weighted by Crippen LogP contribution is -2.14. The zero-order chi connectivity index (χ0) is 14.3. The summed E-state index contributed by atoms with van der Waals surface area (Å²) in [7, 11) is -3.33. The number of benzene rings is 1. The summed E-state index contributed by atoms with van der Waals surface area (Å²) in [5.41, 5.74) is 2.42. The lowest BCUT2D eigenvalue weighted by molar-refractivity contribution is -0.124. The number of sulfonamides is 1. The minimum absolute atomic E-state index is 0.409. The van der Waals surface area contributed by atoms with Gasteiger partial charge in [-0.2, -0.15) is 0 Å². The Hall–Kier alpha value is -2.30. The molecule has 1 rings (SSSR count). The fraction of sp³-hybridized carbons (Fsp3) is 0.0833. The SMILES string of the molecule is CS(=O)(=O)Nc1cccc(C#C/C=C/C(=O)NO)c1. The van der Waals surface area contributed by atoms with E-state index in [9.17, 15) is 13.2 Å². The molecule has 19 heavy (non-hydrogen) atoms. The first-order valence-electron chi connectivity index (χ1n) is 5.11. The number of hydrogen-bond acceptors (Lipinski definition) is 4. The fourth-order valence-corrected chi connectivity index (χ4v) is 1.71. The van der Waals surface area contributed by atoms with E-state index in [1.165, 1.54) is 11.6 Å². The van der Waals surface area contributed by atoms with E-state index in [1.54, 1.807) is 24.3 Å². The summed E-state index contributed by atoms with van der Waals surface area (Å²) in [6, 6.07) is 6.51. The van der Waals surface area contributed by atoms with Crippen molar-refractivity contribution in [2.24, 2.45) is 0 Å². The van der Waals surface area contributed by atoms with Crippen LogP contribution < -0.4 is 10.2 Å². The lowest BCUT2D eigenvalue weighted by Gasteiger charge is -2.03. The topological polar surface area (TPSA) is 95.5 Å². The Labute approximate surface area is 111 Å². The molecule has 1 aromatic rings. The lowest BCUT2D eigenvalue weighted by atomic mass is 10.2. The Kier molecular flexibility index (Phi) is 5.11. The van der Waals surface area contributed by atoms with Crippen LogP contribution in [0.25, 0.3) is 0 Å². The Morgan fingerprint density at radius 2 is 2.16 bits per heavy atom. The second kappa shape index (κ2) is 6.58. The van der Waals surface area contributed by atoms with Crippen LogP contribution in [-0.4, -0.2) is 25.8 Å². The van der Waals surface area contributed by atoms with Gasteiger partial charge in [0.1, 0.15) is 0 Å². The number of allylic oxidation sites excluding steroid dienone is 1. The standard InChI is InChI=1S/C12H12N2O4S/c1-19(17,18)14-11-7-4-6-10(9-11)5-2-3-8-12(15)13-16/h3-4,6-9,14,16H,1H3,(H,13,15)/b8-3+. The molecular weight excluding hydrogens is 268 g/mol. The van der Waals surface area contributed by atoms with Gasteiger partial charge in [0.05, 0.1) is 6.26 Å². The van der Waals surface area contributed by atoms with E-state index in [-0.39, 0.29) is 0 Å². The van der Waals surface area contributed by atoms with E-state index in [0.29, 0.717) is 11.3 Å². The van der Waals surface area contributed by atoms with Crippen molar-refractivity contribution in [3.05, 3.63) is 42.0 Å². The van der Waals surface area contributed by atoms with Gasteiger partial charge in [-0.15, -0.1) is 0 Å². The number of anilines is 1. The average molecular weight is 280 g/mol. The van der Waals surface area contributed by atoms with E-state index in [0.717, 1.165) is 12.3 Å². The number of hydrogen-bond donors (Lipinski definition) is 3. The van der Waals surface area contributed by atoms with Crippen LogP contribution in [0.3, 0.4) is 0 Å². The Morgan fingerprint density at radius 3 is 2.79 bits per heavy atom. The summed E-state index contributed by atoms with van der Waals surface area (Å²) in [5, 5.41) is 8.23. The molecule has 6 nitrogen and oxygen atoms in total. The van der Waals surface area contributed by atoms with Crippen LogP contribution in [0.4, 0.5) is 5.69 Å². The van der Waals surface area contributed by atoms with E-state index in [1.807, 2.05) is 0 Å². The Balaban J connectivity index is 2.81. The summed E-state index contributed by atoms with van der Waals surface area (Å²) in [6.45, 7) is 0. The number of carbonyl (C=O) groups is 1. The molecule has 0 bridgehead atoms. The fourth-order valence-electron chi connectivity index (χ4n) is 1.15. The van der Waals surface area contributed by atoms with Crippen LogP contribution in [0.2, 0.25) is 0 Å². The van der Waals surface area contributed by atoms with E-state index < -0.39 is 15.9 Å². The predicted octanol–water partition coefficient (Wildman–Crippen LogP) is 0.471. The highest BCUT2D eigenvalue weighted by Gasteiger charge is 2.01. The molecule has 0 aromatic heterocycles. The van der Waals surface area contributed by atoms with Crippen molar-refractivity contribution in [1.82, 2.24) is 5.48 Å². The summed E-state index contributed by atoms with van der Waals surface area (Å²) >= 11 is 0. The molecule has 0 aliphatic heterocycles. The predicted molar refractivity (Wildman–Crippen MR) is 70.9 cm³/mol. The van der Waals surface area contributed by atoms with Crippen LogP contribution in [-0.2, 0) is 14.8 Å². The minimum Gasteiger partial charge on any atom is -0.288 e. The molecule has 0 atom stereocenters. The normalized spacial score (nSPS) is 10.6. The maximum Gasteiger partial charge on any atom is 0.267 e. The number of nitrogens with one attached hydrogen (secondary N) is 2. The first-order chi connectivity index (χ1) is 8.90. The maximum atomic E-state index is 11.1. The number of carbonyl (C=O) groups excluding carboxylic acids is 1. The quantitative estimate of drug-likeness (QED) is 0.324. The molecular formula is C12H12N2O4S. The van der Waals surface area contributed by atoms with E-state index >= 15 is 0 Å². The molecule has 0 aliphatic rings. The van der Waals surface area contributed by atoms with Crippen LogP contribution >= 0.6 is 0 Å². The highest BCUT2D eigenvalue weighted by molar-refractivity contribution is 7.92. The molecule has 0 radical (unpaired) electrons. The molecule has 0 spiro atoms. The molecule has 7 heteroatoms. The largest absolute Gasteiger partial charge is 0.288 e. The third kappa shape index (κ3) is 6.26. The van der Waals surface area contributed by atoms with Crippen molar-refractivity contribution in [2.45, 2.75) is 0 Å². The highest BCUT2D eigenvalue weighted by atomic mass is 32.2. The Bertz CT molecular complexity index is 654. The third-order valence-electron chi connectivity index (χ3n) is 1.81. The minimum atomic E-state index is -3.33. The van der Waals surface area contributed by atoms with Crippen molar-refractivity contribution in [1.29, 1.82) is 0 Å². The molecule has 0 fully saturated rings. The van der Waals surface area contributed by atoms with Gasteiger partial charge in [0.2, 0.25) is 10.0 Å². The van der Waals surface area contributed by atoms with E-state index in [4.69, 9.17) is 5.21 Å². The number of hydroxylamine groups is 1. The van der Waals surface area contributed by atoms with Gasteiger partial charge in [-0.3, -0.25) is 14.7 Å². The van der Waals surface area contributed by atoms with Crippen LogP contribution in [0.15, 0.2) is 36.4 Å². The first-order valence-corrected chi connectivity index (χ1v) is 7.00. The van der Waals surface area contributed by atoms with E-state index in [2.05, 4.69) is 16.6 Å². The molecule has 0 saturated carbocycles. The molecule has 0 unspecified atom stereocenters. The van der Waals surface area contributed by atoms with Crippen LogP contribution in [0.5, 0.6) is 0 Å². The summed E-state index contributed by atoms with van der Waals surface area (Å²) in [6.07, 6.45) is 3.38. The van der Waals surface area contributed by atoms with Gasteiger partial charge in [-0.1, -0.05) is 17.9 Å². The van der Waals surface area contributed by atoms with Crippen LogP contribution in [0.1, 0.15) is 5.56 Å². The maximum absolute atomic E-state index is 11.1. The summed E-state index contributed by atoms with van der Waals surface area (Å²) < 4.78 is 24.4. The van der Waals surface area contributed by atoms with Crippen LogP contribution in [0, 0.1) is 11.8 Å². The van der Waals surface area contributed by atoms with Gasteiger partial charge >= 0.3 is 0 Å². The van der Waals surface area contributed by atoms with Gasteiger partial charge in [0.25, 0.3) is 5.91 Å². The van der Waals surface area contributed by atoms with Gasteiger partial charge in [0.15, 0.2) is 0 Å². The Morgan fingerprint density at radius 1 is 1.42 bits per heavy atom. The van der Waals surface area contributed by atoms with Crippen molar-refractivity contribution in [3.8, 4) is 11.8 Å². The van der Waals surface area contributed by atoms with Gasteiger partial charge < -0.3 is 0 Å². The first kappa shape index (κ1) is 14.8. The zero-order valence-corrected chi connectivity index (χ0v) is 10.9. The molecule has 1 amide bonds. The van der Waals surface area contributed by atoms with Gasteiger partial charge in [-0.25, -0.2) is 13.9 Å². The van der Waals surface area contributed by atoms with Crippen molar-refractivity contribution in [2.75, 3.05) is 11.0 Å². The van der Waals surface area contributed by atoms with Crippen molar-refractivity contribution in [3.63, 3.8) is 0 Å². The van der Waals surface area contributed by atoms with Gasteiger partial charge in [-0.05, 0) is 24.3 Å². The summed E-state index contributed by atoms with van der Waals surface area (Å²) in [5.74, 6) is 4.62. The van der Waals surface area contributed by atoms with Crippen molar-refractivity contribution < 1.29 is 18.4 Å². The van der Waals surface area contributed by atoms with Gasteiger partial charge in [0, 0.05) is 17.3 Å². The third-order valence-corrected chi connectivity index (χ3v) is 2.42. The monoisotopic (exact) mass is 280 g/mol. The zero-order valence-electron chi connectivity index (χ0n) is 10.0. The highest BCUT2D eigenvalue weighted by Crippen LogP contribution is 2.10. The average Bonchev–Trinajstić information content (AvgIpc) is 2.32.